The van der Waals surface area contributed by atoms with E-state index in [1.165, 1.54) is 18.2 Å². The van der Waals surface area contributed by atoms with Crippen molar-refractivity contribution in [3.8, 4) is 22.7 Å². The number of aromatic nitrogens is 2. The normalized spacial score (nSPS) is 10.8. The van der Waals surface area contributed by atoms with Crippen LogP contribution in [0.15, 0.2) is 72.8 Å². The molecular formula is C26H22F3N3O2. The molecule has 0 saturated heterocycles. The molecule has 4 rings (SSSR count). The van der Waals surface area contributed by atoms with Crippen molar-refractivity contribution < 1.29 is 22.7 Å². The molecular weight excluding hydrogens is 443 g/mol. The Morgan fingerprint density at radius 3 is 2.35 bits per heavy atom. The number of nitrogens with one attached hydrogen (secondary N) is 1. The number of amides is 1. The number of carbonyl (C=O) groups is 1. The first-order chi connectivity index (χ1) is 16.4. The van der Waals surface area contributed by atoms with Gasteiger partial charge in [0.25, 0.3) is 0 Å². The van der Waals surface area contributed by atoms with Gasteiger partial charge in [-0.15, -0.1) is 0 Å². The van der Waals surface area contributed by atoms with Crippen molar-refractivity contribution in [2.24, 2.45) is 0 Å². The average molecular weight is 465 g/mol. The zero-order chi connectivity index (χ0) is 24.1. The first-order valence-corrected chi connectivity index (χ1v) is 10.6. The summed E-state index contributed by atoms with van der Waals surface area (Å²) in [6.07, 6.45) is 0.405. The minimum absolute atomic E-state index is 0.00821. The van der Waals surface area contributed by atoms with Gasteiger partial charge < -0.3 is 10.1 Å². The van der Waals surface area contributed by atoms with Gasteiger partial charge in [-0.3, -0.25) is 4.79 Å². The molecule has 1 heterocycles. The van der Waals surface area contributed by atoms with Crippen LogP contribution in [-0.2, 0) is 17.8 Å². The Morgan fingerprint density at radius 1 is 0.971 bits per heavy atom. The van der Waals surface area contributed by atoms with E-state index in [9.17, 15) is 18.0 Å². The van der Waals surface area contributed by atoms with E-state index in [0.29, 0.717) is 40.4 Å². The van der Waals surface area contributed by atoms with Gasteiger partial charge in [-0.2, -0.15) is 5.10 Å². The van der Waals surface area contributed by atoms with E-state index in [0.717, 1.165) is 6.07 Å². The Balaban J connectivity index is 1.51. The number of hydrogen-bond donors (Lipinski definition) is 1. The molecule has 0 saturated carbocycles. The van der Waals surface area contributed by atoms with Crippen molar-refractivity contribution in [3.63, 3.8) is 0 Å². The lowest BCUT2D eigenvalue weighted by Crippen LogP contribution is -2.23. The molecule has 0 unspecified atom stereocenters. The van der Waals surface area contributed by atoms with Crippen LogP contribution in [0.25, 0.3) is 16.9 Å². The number of hydrogen-bond acceptors (Lipinski definition) is 3. The molecule has 8 heteroatoms. The van der Waals surface area contributed by atoms with Gasteiger partial charge in [-0.25, -0.2) is 17.9 Å². The molecule has 3 aromatic carbocycles. The van der Waals surface area contributed by atoms with E-state index < -0.39 is 11.6 Å². The summed E-state index contributed by atoms with van der Waals surface area (Å²) < 4.78 is 48.0. The highest BCUT2D eigenvalue weighted by Gasteiger charge is 2.16. The van der Waals surface area contributed by atoms with E-state index in [1.807, 2.05) is 12.1 Å². The Labute approximate surface area is 194 Å². The summed E-state index contributed by atoms with van der Waals surface area (Å²) in [5.41, 5.74) is 2.57. The molecule has 0 spiro atoms. The van der Waals surface area contributed by atoms with Gasteiger partial charge in [0.2, 0.25) is 5.91 Å². The van der Waals surface area contributed by atoms with Crippen molar-refractivity contribution >= 4 is 5.91 Å². The maximum atomic E-state index is 14.6. The number of ether oxygens (including phenoxy) is 1. The van der Waals surface area contributed by atoms with Crippen molar-refractivity contribution in [1.29, 1.82) is 0 Å². The lowest BCUT2D eigenvalue weighted by Gasteiger charge is -2.09. The SMILES string of the molecule is COc1ccc(-n2nc(CCC(=O)NCc3cc(F)cc(F)c3)cc2-c2ccccc2F)cc1. The van der Waals surface area contributed by atoms with Crippen LogP contribution in [0.3, 0.4) is 0 Å². The molecule has 0 bridgehead atoms. The first-order valence-electron chi connectivity index (χ1n) is 10.6. The molecule has 5 nitrogen and oxygen atoms in total. The van der Waals surface area contributed by atoms with Crippen LogP contribution in [-0.4, -0.2) is 22.8 Å². The summed E-state index contributed by atoms with van der Waals surface area (Å²) in [4.78, 5) is 12.3. The molecule has 0 aliphatic heterocycles. The second-order valence-electron chi connectivity index (χ2n) is 7.67. The molecule has 0 radical (unpaired) electrons. The Bertz CT molecular complexity index is 1280. The fourth-order valence-electron chi connectivity index (χ4n) is 3.58. The van der Waals surface area contributed by atoms with Crippen LogP contribution in [0.1, 0.15) is 17.7 Å². The molecule has 4 aromatic rings. The molecule has 34 heavy (non-hydrogen) atoms. The van der Waals surface area contributed by atoms with Gasteiger partial charge in [-0.1, -0.05) is 12.1 Å². The highest BCUT2D eigenvalue weighted by atomic mass is 19.1. The topological polar surface area (TPSA) is 56.2 Å². The molecule has 0 atom stereocenters. The maximum Gasteiger partial charge on any atom is 0.220 e. The third-order valence-corrected chi connectivity index (χ3v) is 5.25. The number of halogens is 3. The summed E-state index contributed by atoms with van der Waals surface area (Å²) in [5.74, 6) is -1.40. The average Bonchev–Trinajstić information content (AvgIpc) is 3.25. The zero-order valence-corrected chi connectivity index (χ0v) is 18.4. The van der Waals surface area contributed by atoms with Gasteiger partial charge in [0.15, 0.2) is 0 Å². The van der Waals surface area contributed by atoms with Crippen molar-refractivity contribution in [2.45, 2.75) is 19.4 Å². The number of nitrogens with zero attached hydrogens (tertiary/aromatic N) is 2. The van der Waals surface area contributed by atoms with Crippen molar-refractivity contribution in [2.75, 3.05) is 7.11 Å². The molecule has 0 aliphatic carbocycles. The highest BCUT2D eigenvalue weighted by Crippen LogP contribution is 2.27. The minimum atomic E-state index is -0.700. The van der Waals surface area contributed by atoms with Gasteiger partial charge in [0.05, 0.1) is 24.2 Å². The third kappa shape index (κ3) is 5.46. The number of methoxy groups -OCH3 is 1. The van der Waals surface area contributed by atoms with E-state index in [2.05, 4.69) is 10.4 Å². The van der Waals surface area contributed by atoms with Crippen LogP contribution in [0.4, 0.5) is 13.2 Å². The van der Waals surface area contributed by atoms with Gasteiger partial charge in [0, 0.05) is 31.0 Å². The molecule has 1 aromatic heterocycles. The summed E-state index contributed by atoms with van der Waals surface area (Å²) in [5, 5.41) is 7.25. The fourth-order valence-corrected chi connectivity index (χ4v) is 3.58. The van der Waals surface area contributed by atoms with Gasteiger partial charge >= 0.3 is 0 Å². The fraction of sp³-hybridized carbons (Fsp3) is 0.154. The molecule has 0 fully saturated rings. The number of carbonyl (C=O) groups excluding carboxylic acids is 1. The van der Waals surface area contributed by atoms with Crippen molar-refractivity contribution in [1.82, 2.24) is 15.1 Å². The molecule has 174 valence electrons. The van der Waals surface area contributed by atoms with Crippen LogP contribution in [0, 0.1) is 17.5 Å². The summed E-state index contributed by atoms with van der Waals surface area (Å²) >= 11 is 0. The smallest absolute Gasteiger partial charge is 0.220 e. The molecule has 1 N–H and O–H groups in total. The van der Waals surface area contributed by atoms with Gasteiger partial charge in [0.1, 0.15) is 23.2 Å². The summed E-state index contributed by atoms with van der Waals surface area (Å²) in [6, 6.07) is 18.4. The van der Waals surface area contributed by atoms with Gasteiger partial charge in [-0.05, 0) is 60.2 Å². The number of benzene rings is 3. The van der Waals surface area contributed by atoms with E-state index in [4.69, 9.17) is 4.74 Å². The van der Waals surface area contributed by atoms with E-state index in [-0.39, 0.29) is 24.7 Å². The predicted molar refractivity (Wildman–Crippen MR) is 122 cm³/mol. The second kappa shape index (κ2) is 10.2. The second-order valence-corrected chi connectivity index (χ2v) is 7.67. The Kier molecular flexibility index (Phi) is 6.96. The number of aryl methyl sites for hydroxylation is 1. The monoisotopic (exact) mass is 465 g/mol. The summed E-state index contributed by atoms with van der Waals surface area (Å²) in [6.45, 7) is 0.00821. The first kappa shape index (κ1) is 23.1. The predicted octanol–water partition coefficient (Wildman–Crippen LogP) is 5.21. The zero-order valence-electron chi connectivity index (χ0n) is 18.4. The maximum absolute atomic E-state index is 14.6. The van der Waals surface area contributed by atoms with E-state index >= 15 is 0 Å². The lowest BCUT2D eigenvalue weighted by molar-refractivity contribution is -0.121. The standard InChI is InChI=1S/C26H22F3N3O2/c1-34-22-9-7-21(8-10-22)32-25(23-4-2-3-5-24(23)29)15-20(31-32)6-11-26(33)30-16-17-12-18(27)14-19(28)13-17/h2-5,7-10,12-15H,6,11,16H2,1H3,(H,30,33). The largest absolute Gasteiger partial charge is 0.497 e. The quantitative estimate of drug-likeness (QED) is 0.389. The highest BCUT2D eigenvalue weighted by molar-refractivity contribution is 5.76. The van der Waals surface area contributed by atoms with Crippen LogP contribution >= 0.6 is 0 Å². The Morgan fingerprint density at radius 2 is 1.68 bits per heavy atom. The van der Waals surface area contributed by atoms with Crippen LogP contribution in [0.2, 0.25) is 0 Å². The lowest BCUT2D eigenvalue weighted by atomic mass is 10.1. The Hall–Kier alpha value is -4.07. The van der Waals surface area contributed by atoms with Crippen LogP contribution in [0.5, 0.6) is 5.75 Å². The number of rotatable bonds is 8. The third-order valence-electron chi connectivity index (χ3n) is 5.25. The molecule has 0 aliphatic rings. The van der Waals surface area contributed by atoms with Crippen LogP contribution < -0.4 is 10.1 Å². The minimum Gasteiger partial charge on any atom is -0.497 e. The molecule has 1 amide bonds. The summed E-state index contributed by atoms with van der Waals surface area (Å²) in [7, 11) is 1.57. The van der Waals surface area contributed by atoms with Crippen molar-refractivity contribution in [3.05, 3.63) is 102 Å². The van der Waals surface area contributed by atoms with E-state index in [1.54, 1.807) is 48.2 Å².